The van der Waals surface area contributed by atoms with E-state index in [2.05, 4.69) is 43.1 Å². The van der Waals surface area contributed by atoms with E-state index in [0.717, 1.165) is 54.9 Å². The Balaban J connectivity index is 1.65. The zero-order chi connectivity index (χ0) is 19.9. The number of nitrogens with zero attached hydrogens (tertiary/aromatic N) is 3. The number of carbonyl (C=O) groups is 1. The topological polar surface area (TPSA) is 68.7 Å². The molecule has 1 amide bonds. The third-order valence-corrected chi connectivity index (χ3v) is 5.72. The number of benzene rings is 1. The van der Waals surface area contributed by atoms with Crippen LogP contribution in [0.25, 0.3) is 0 Å². The quantitative estimate of drug-likeness (QED) is 0.681. The highest BCUT2D eigenvalue weighted by atomic mass is 79.9. The molecule has 0 atom stereocenters. The molecule has 2 N–H and O–H groups in total. The fourth-order valence-electron chi connectivity index (χ4n) is 3.58. The van der Waals surface area contributed by atoms with Gasteiger partial charge in [-0.2, -0.15) is 0 Å². The lowest BCUT2D eigenvalue weighted by atomic mass is 10.0. The average molecular weight is 447 g/mol. The Morgan fingerprint density at radius 3 is 2.68 bits per heavy atom. The number of hydrogen-bond acceptors (Lipinski definition) is 5. The number of aliphatic hydroxyl groups excluding tert-OH is 1. The Bertz CT molecular complexity index is 776. The molecule has 6 nitrogen and oxygen atoms in total. The van der Waals surface area contributed by atoms with Crippen LogP contribution in [0.5, 0.6) is 0 Å². The molecule has 0 saturated carbocycles. The maximum absolute atomic E-state index is 12.8. The van der Waals surface area contributed by atoms with Crippen molar-refractivity contribution in [1.82, 2.24) is 9.88 Å². The van der Waals surface area contributed by atoms with Crippen molar-refractivity contribution < 1.29 is 9.90 Å². The number of piperidine rings is 1. The lowest BCUT2D eigenvalue weighted by Gasteiger charge is -2.37. The van der Waals surface area contributed by atoms with Crippen LogP contribution in [-0.4, -0.2) is 60.2 Å². The summed E-state index contributed by atoms with van der Waals surface area (Å²) in [6, 6.07) is 11.7. The van der Waals surface area contributed by atoms with Gasteiger partial charge in [-0.3, -0.25) is 4.79 Å². The summed E-state index contributed by atoms with van der Waals surface area (Å²) in [4.78, 5) is 21.9. The van der Waals surface area contributed by atoms with Crippen LogP contribution < -0.4 is 10.2 Å². The van der Waals surface area contributed by atoms with E-state index in [1.807, 2.05) is 30.3 Å². The summed E-state index contributed by atoms with van der Waals surface area (Å²) >= 11 is 3.40. The zero-order valence-corrected chi connectivity index (χ0v) is 17.7. The third kappa shape index (κ3) is 5.31. The van der Waals surface area contributed by atoms with Crippen molar-refractivity contribution in [2.24, 2.45) is 0 Å². The van der Waals surface area contributed by atoms with Crippen molar-refractivity contribution >= 4 is 33.3 Å². The summed E-state index contributed by atoms with van der Waals surface area (Å²) in [5.74, 6) is 0.598. The van der Waals surface area contributed by atoms with E-state index < -0.39 is 0 Å². The molecule has 0 unspecified atom stereocenters. The van der Waals surface area contributed by atoms with Crippen LogP contribution in [0, 0.1) is 0 Å². The predicted octanol–water partition coefficient (Wildman–Crippen LogP) is 3.38. The van der Waals surface area contributed by atoms with Gasteiger partial charge in [0.1, 0.15) is 5.82 Å². The monoisotopic (exact) mass is 446 g/mol. The number of aromatic nitrogens is 1. The van der Waals surface area contributed by atoms with Crippen LogP contribution in [0.15, 0.2) is 47.1 Å². The first-order valence-corrected chi connectivity index (χ1v) is 10.5. The SMILES string of the molecule is CN(CCCO)C1CCN(c2ncccc2C(=O)Nc2ccc(Br)cc2)CC1. The fourth-order valence-corrected chi connectivity index (χ4v) is 3.84. The molecule has 1 fully saturated rings. The number of carbonyl (C=O) groups excluding carboxylic acids is 1. The zero-order valence-electron chi connectivity index (χ0n) is 16.1. The van der Waals surface area contributed by atoms with Crippen LogP contribution in [-0.2, 0) is 0 Å². The van der Waals surface area contributed by atoms with Gasteiger partial charge in [0.25, 0.3) is 5.91 Å². The second-order valence-electron chi connectivity index (χ2n) is 7.11. The smallest absolute Gasteiger partial charge is 0.259 e. The molecule has 3 rings (SSSR count). The van der Waals surface area contributed by atoms with Gasteiger partial charge in [-0.1, -0.05) is 15.9 Å². The van der Waals surface area contributed by atoms with Gasteiger partial charge in [0.2, 0.25) is 0 Å². The molecule has 1 aromatic carbocycles. The molecule has 1 aliphatic rings. The Morgan fingerprint density at radius 1 is 1.29 bits per heavy atom. The van der Waals surface area contributed by atoms with Crippen LogP contribution in [0.1, 0.15) is 29.6 Å². The molecule has 1 aliphatic heterocycles. The Labute approximate surface area is 174 Å². The highest BCUT2D eigenvalue weighted by molar-refractivity contribution is 9.10. The number of hydrogen-bond donors (Lipinski definition) is 2. The number of halogens is 1. The molecule has 2 heterocycles. The summed E-state index contributed by atoms with van der Waals surface area (Å²) < 4.78 is 0.972. The Morgan fingerprint density at radius 2 is 2.00 bits per heavy atom. The number of aliphatic hydroxyl groups is 1. The summed E-state index contributed by atoms with van der Waals surface area (Å²) in [5, 5.41) is 12.0. The summed E-state index contributed by atoms with van der Waals surface area (Å²) in [6.07, 6.45) is 4.58. The van der Waals surface area contributed by atoms with Gasteiger partial charge in [0.15, 0.2) is 0 Å². The van der Waals surface area contributed by atoms with Crippen LogP contribution in [0.4, 0.5) is 11.5 Å². The van der Waals surface area contributed by atoms with Crippen molar-refractivity contribution in [3.8, 4) is 0 Å². The molecule has 0 bridgehead atoms. The number of rotatable bonds is 7. The van der Waals surface area contributed by atoms with Crippen molar-refractivity contribution in [2.45, 2.75) is 25.3 Å². The standard InChI is InChI=1S/C21H27BrN4O2/c1-25(12-3-15-27)18-9-13-26(14-10-18)20-19(4-2-11-23-20)21(28)24-17-7-5-16(22)6-8-17/h2,4-8,11,18,27H,3,9-10,12-15H2,1H3,(H,24,28). The summed E-state index contributed by atoms with van der Waals surface area (Å²) in [7, 11) is 2.12. The second kappa shape index (κ2) is 10.0. The first-order chi connectivity index (χ1) is 13.6. The third-order valence-electron chi connectivity index (χ3n) is 5.19. The van der Waals surface area contributed by atoms with Crippen molar-refractivity contribution in [3.63, 3.8) is 0 Å². The molecule has 1 saturated heterocycles. The minimum atomic E-state index is -0.146. The van der Waals surface area contributed by atoms with E-state index in [4.69, 9.17) is 5.11 Å². The Hall–Kier alpha value is -1.96. The van der Waals surface area contributed by atoms with Crippen LogP contribution >= 0.6 is 15.9 Å². The molecule has 0 aliphatic carbocycles. The maximum Gasteiger partial charge on any atom is 0.259 e. The molecule has 7 heteroatoms. The molecule has 150 valence electrons. The van der Waals surface area contributed by atoms with Gasteiger partial charge >= 0.3 is 0 Å². The van der Waals surface area contributed by atoms with E-state index in [0.29, 0.717) is 11.6 Å². The Kier molecular flexibility index (Phi) is 7.42. The molecule has 0 radical (unpaired) electrons. The molecular weight excluding hydrogens is 420 g/mol. The van der Waals surface area contributed by atoms with Gasteiger partial charge in [0, 0.05) is 48.6 Å². The molecular formula is C21H27BrN4O2. The average Bonchev–Trinajstić information content (AvgIpc) is 2.73. The van der Waals surface area contributed by atoms with Crippen molar-refractivity contribution in [3.05, 3.63) is 52.6 Å². The second-order valence-corrected chi connectivity index (χ2v) is 8.03. The lowest BCUT2D eigenvalue weighted by molar-refractivity contribution is 0.102. The van der Waals surface area contributed by atoms with Gasteiger partial charge < -0.3 is 20.2 Å². The van der Waals surface area contributed by atoms with Crippen molar-refractivity contribution in [1.29, 1.82) is 0 Å². The van der Waals surface area contributed by atoms with E-state index in [1.54, 1.807) is 12.3 Å². The first-order valence-electron chi connectivity index (χ1n) is 9.66. The molecule has 2 aromatic rings. The van der Waals surface area contributed by atoms with Gasteiger partial charge in [0.05, 0.1) is 5.56 Å². The summed E-state index contributed by atoms with van der Waals surface area (Å²) in [5.41, 5.74) is 1.35. The van der Waals surface area contributed by atoms with Crippen LogP contribution in [0.3, 0.4) is 0 Å². The fraction of sp³-hybridized carbons (Fsp3) is 0.429. The summed E-state index contributed by atoms with van der Waals surface area (Å²) in [6.45, 7) is 2.87. The largest absolute Gasteiger partial charge is 0.396 e. The van der Waals surface area contributed by atoms with E-state index in [-0.39, 0.29) is 12.5 Å². The van der Waals surface area contributed by atoms with Crippen LogP contribution in [0.2, 0.25) is 0 Å². The van der Waals surface area contributed by atoms with E-state index >= 15 is 0 Å². The first kappa shape index (κ1) is 20.8. The van der Waals surface area contributed by atoms with Gasteiger partial charge in [-0.25, -0.2) is 4.98 Å². The maximum atomic E-state index is 12.8. The predicted molar refractivity (Wildman–Crippen MR) is 116 cm³/mol. The normalized spacial score (nSPS) is 15.1. The highest BCUT2D eigenvalue weighted by Gasteiger charge is 2.25. The molecule has 1 aromatic heterocycles. The van der Waals surface area contributed by atoms with E-state index in [1.165, 1.54) is 0 Å². The number of amides is 1. The number of anilines is 2. The lowest BCUT2D eigenvalue weighted by Crippen LogP contribution is -2.44. The van der Waals surface area contributed by atoms with E-state index in [9.17, 15) is 4.79 Å². The number of pyridine rings is 1. The minimum Gasteiger partial charge on any atom is -0.396 e. The minimum absolute atomic E-state index is 0.146. The molecule has 28 heavy (non-hydrogen) atoms. The number of nitrogens with one attached hydrogen (secondary N) is 1. The molecule has 0 spiro atoms. The highest BCUT2D eigenvalue weighted by Crippen LogP contribution is 2.25. The van der Waals surface area contributed by atoms with Gasteiger partial charge in [-0.05, 0) is 62.7 Å². The van der Waals surface area contributed by atoms with Gasteiger partial charge in [-0.15, -0.1) is 0 Å². The van der Waals surface area contributed by atoms with Crippen molar-refractivity contribution in [2.75, 3.05) is 43.5 Å².